The highest BCUT2D eigenvalue weighted by atomic mass is 33.1. The molecule has 0 unspecified atom stereocenters. The van der Waals surface area contributed by atoms with Gasteiger partial charge in [0, 0.05) is 42.9 Å². The molecule has 0 bridgehead atoms. The Bertz CT molecular complexity index is 413. The van der Waals surface area contributed by atoms with E-state index in [1.165, 1.54) is 0 Å². The van der Waals surface area contributed by atoms with Crippen LogP contribution < -0.4 is 10.6 Å². The molecule has 0 spiro atoms. The number of hydrogen-bond donors (Lipinski definition) is 2. The molecule has 112 valence electrons. The lowest BCUT2D eigenvalue weighted by molar-refractivity contribution is -0.115. The van der Waals surface area contributed by atoms with Crippen LogP contribution in [0.1, 0.15) is 6.42 Å². The Kier molecular flexibility index (Phi) is 8.57. The molecule has 0 aliphatic heterocycles. The van der Waals surface area contributed by atoms with Crippen LogP contribution in [0.15, 0.2) is 24.3 Å². The minimum absolute atomic E-state index is 0.0685. The molecule has 0 saturated carbocycles. The monoisotopic (exact) mass is 313 g/mol. The van der Waals surface area contributed by atoms with Gasteiger partial charge in [0.2, 0.25) is 5.91 Å². The standard InChI is InChI=1S/C14H23N3OS2/c1-15-12-5-4-6-13(11-12)16-14(18)7-9-19-20-10-8-17(2)3/h4-6,11,15H,7-10H2,1-3H3,(H,16,18). The number of carbonyl (C=O) groups excluding carboxylic acids is 1. The average Bonchev–Trinajstić information content (AvgIpc) is 2.42. The van der Waals surface area contributed by atoms with Crippen LogP contribution in [0.25, 0.3) is 0 Å². The van der Waals surface area contributed by atoms with Crippen LogP contribution in [0.3, 0.4) is 0 Å². The number of hydrogen-bond acceptors (Lipinski definition) is 5. The van der Waals surface area contributed by atoms with Gasteiger partial charge >= 0.3 is 0 Å². The van der Waals surface area contributed by atoms with E-state index < -0.39 is 0 Å². The fourth-order valence-corrected chi connectivity index (χ4v) is 3.57. The maximum atomic E-state index is 11.8. The van der Waals surface area contributed by atoms with E-state index in [4.69, 9.17) is 0 Å². The number of rotatable bonds is 9. The van der Waals surface area contributed by atoms with E-state index >= 15 is 0 Å². The number of nitrogens with zero attached hydrogens (tertiary/aromatic N) is 1. The second-order valence-corrected chi connectivity index (χ2v) is 7.28. The van der Waals surface area contributed by atoms with Crippen molar-refractivity contribution in [1.82, 2.24) is 4.90 Å². The van der Waals surface area contributed by atoms with Crippen LogP contribution in [0.4, 0.5) is 11.4 Å². The van der Waals surface area contributed by atoms with E-state index in [0.717, 1.165) is 29.4 Å². The van der Waals surface area contributed by atoms with Crippen molar-refractivity contribution in [2.75, 3.05) is 49.8 Å². The zero-order valence-corrected chi connectivity index (χ0v) is 13.9. The zero-order valence-electron chi connectivity index (χ0n) is 12.3. The van der Waals surface area contributed by atoms with Crippen molar-refractivity contribution in [1.29, 1.82) is 0 Å². The molecule has 1 aromatic rings. The molecule has 6 heteroatoms. The molecule has 1 aromatic carbocycles. The summed E-state index contributed by atoms with van der Waals surface area (Å²) < 4.78 is 0. The minimum atomic E-state index is 0.0685. The Morgan fingerprint density at radius 3 is 2.60 bits per heavy atom. The van der Waals surface area contributed by atoms with Crippen LogP contribution in [-0.2, 0) is 4.79 Å². The summed E-state index contributed by atoms with van der Waals surface area (Å²) in [4.78, 5) is 14.0. The predicted octanol–water partition coefficient (Wildman–Crippen LogP) is 3.00. The molecule has 0 radical (unpaired) electrons. The molecule has 0 aromatic heterocycles. The van der Waals surface area contributed by atoms with E-state index in [1.807, 2.05) is 42.1 Å². The van der Waals surface area contributed by atoms with E-state index in [-0.39, 0.29) is 5.91 Å². The van der Waals surface area contributed by atoms with Crippen molar-refractivity contribution >= 4 is 38.9 Å². The van der Waals surface area contributed by atoms with E-state index in [9.17, 15) is 4.79 Å². The molecule has 0 aliphatic carbocycles. The largest absolute Gasteiger partial charge is 0.388 e. The van der Waals surface area contributed by atoms with Gasteiger partial charge in [0.15, 0.2) is 0 Å². The van der Waals surface area contributed by atoms with E-state index in [1.54, 1.807) is 10.8 Å². The Hall–Kier alpha value is -0.850. The van der Waals surface area contributed by atoms with Crippen molar-refractivity contribution < 1.29 is 4.79 Å². The molecular weight excluding hydrogens is 290 g/mol. The van der Waals surface area contributed by atoms with Crippen molar-refractivity contribution in [3.05, 3.63) is 24.3 Å². The Balaban J connectivity index is 2.16. The SMILES string of the molecule is CNc1cccc(NC(=O)CCSSCCN(C)C)c1. The maximum absolute atomic E-state index is 11.8. The molecule has 0 saturated heterocycles. The summed E-state index contributed by atoms with van der Waals surface area (Å²) in [6.45, 7) is 1.07. The number of nitrogens with one attached hydrogen (secondary N) is 2. The van der Waals surface area contributed by atoms with Crippen molar-refractivity contribution in [3.8, 4) is 0 Å². The van der Waals surface area contributed by atoms with Crippen molar-refractivity contribution in [3.63, 3.8) is 0 Å². The Labute approximate surface area is 129 Å². The van der Waals surface area contributed by atoms with Gasteiger partial charge in [0.1, 0.15) is 0 Å². The van der Waals surface area contributed by atoms with Crippen LogP contribution in [0, 0.1) is 0 Å². The minimum Gasteiger partial charge on any atom is -0.388 e. The lowest BCUT2D eigenvalue weighted by Gasteiger charge is -2.08. The third-order valence-electron chi connectivity index (χ3n) is 2.55. The summed E-state index contributed by atoms with van der Waals surface area (Å²) in [7, 11) is 9.58. The zero-order chi connectivity index (χ0) is 14.8. The predicted molar refractivity (Wildman–Crippen MR) is 92.7 cm³/mol. The van der Waals surface area contributed by atoms with Gasteiger partial charge in [0.25, 0.3) is 0 Å². The van der Waals surface area contributed by atoms with Gasteiger partial charge in [-0.05, 0) is 32.3 Å². The Morgan fingerprint density at radius 2 is 1.90 bits per heavy atom. The highest BCUT2D eigenvalue weighted by molar-refractivity contribution is 8.76. The first kappa shape index (κ1) is 17.2. The van der Waals surface area contributed by atoms with Gasteiger partial charge in [-0.25, -0.2) is 0 Å². The van der Waals surface area contributed by atoms with Gasteiger partial charge in [-0.15, -0.1) is 0 Å². The summed E-state index contributed by atoms with van der Waals surface area (Å²) in [5.74, 6) is 2.00. The molecule has 0 aliphatic rings. The Morgan fingerprint density at radius 1 is 1.20 bits per heavy atom. The quantitative estimate of drug-likeness (QED) is 0.542. The average molecular weight is 313 g/mol. The highest BCUT2D eigenvalue weighted by Gasteiger charge is 2.03. The summed E-state index contributed by atoms with van der Waals surface area (Å²) in [5, 5.41) is 5.97. The first-order valence-corrected chi connectivity index (χ1v) is 9.07. The molecule has 20 heavy (non-hydrogen) atoms. The fourth-order valence-electron chi connectivity index (χ4n) is 1.45. The van der Waals surface area contributed by atoms with Gasteiger partial charge in [-0.2, -0.15) is 0 Å². The lowest BCUT2D eigenvalue weighted by Crippen LogP contribution is -2.14. The summed E-state index contributed by atoms with van der Waals surface area (Å²) >= 11 is 0. The second kappa shape index (κ2) is 9.96. The van der Waals surface area contributed by atoms with Gasteiger partial charge < -0.3 is 15.5 Å². The molecule has 1 rings (SSSR count). The van der Waals surface area contributed by atoms with Crippen LogP contribution >= 0.6 is 21.6 Å². The summed E-state index contributed by atoms with van der Waals surface area (Å²) in [5.41, 5.74) is 1.84. The maximum Gasteiger partial charge on any atom is 0.225 e. The smallest absolute Gasteiger partial charge is 0.225 e. The molecule has 0 atom stereocenters. The van der Waals surface area contributed by atoms with E-state index in [0.29, 0.717) is 6.42 Å². The van der Waals surface area contributed by atoms with Gasteiger partial charge in [-0.3, -0.25) is 4.79 Å². The van der Waals surface area contributed by atoms with Gasteiger partial charge in [-0.1, -0.05) is 27.7 Å². The molecule has 0 fully saturated rings. The normalized spacial score (nSPS) is 10.6. The second-order valence-electron chi connectivity index (χ2n) is 4.58. The fraction of sp³-hybridized carbons (Fsp3) is 0.500. The first-order valence-electron chi connectivity index (χ1n) is 6.58. The number of carbonyl (C=O) groups is 1. The van der Waals surface area contributed by atoms with Crippen LogP contribution in [0.5, 0.6) is 0 Å². The first-order chi connectivity index (χ1) is 9.61. The molecule has 2 N–H and O–H groups in total. The van der Waals surface area contributed by atoms with E-state index in [2.05, 4.69) is 29.6 Å². The molecular formula is C14H23N3OS2. The molecule has 4 nitrogen and oxygen atoms in total. The third-order valence-corrected chi connectivity index (χ3v) is 4.94. The van der Waals surface area contributed by atoms with Crippen LogP contribution in [-0.4, -0.2) is 50.0 Å². The number of amides is 1. The topological polar surface area (TPSA) is 44.4 Å². The van der Waals surface area contributed by atoms with Crippen molar-refractivity contribution in [2.45, 2.75) is 6.42 Å². The summed E-state index contributed by atoms with van der Waals surface area (Å²) in [6, 6.07) is 7.72. The lowest BCUT2D eigenvalue weighted by atomic mass is 10.2. The van der Waals surface area contributed by atoms with Gasteiger partial charge in [0.05, 0.1) is 0 Å². The molecule has 0 heterocycles. The number of anilines is 2. The third kappa shape index (κ3) is 7.67. The van der Waals surface area contributed by atoms with Crippen LogP contribution in [0.2, 0.25) is 0 Å². The molecule has 1 amide bonds. The highest BCUT2D eigenvalue weighted by Crippen LogP contribution is 2.22. The summed E-state index contributed by atoms with van der Waals surface area (Å²) in [6.07, 6.45) is 0.545. The number of benzene rings is 1. The van der Waals surface area contributed by atoms with Crippen molar-refractivity contribution in [2.24, 2.45) is 0 Å².